The molecular weight excluding hydrogens is 390 g/mol. The third-order valence-corrected chi connectivity index (χ3v) is 6.95. The Morgan fingerprint density at radius 2 is 1.62 bits per heavy atom. The molecule has 1 aliphatic carbocycles. The molecule has 158 valence electrons. The monoisotopic (exact) mass is 417 g/mol. The number of hydrogen-bond donors (Lipinski definition) is 0. The molecule has 0 unspecified atom stereocenters. The Labute approximate surface area is 188 Å². The summed E-state index contributed by atoms with van der Waals surface area (Å²) in [5, 5.41) is 2.31. The van der Waals surface area contributed by atoms with Crippen molar-refractivity contribution < 1.29 is 4.42 Å². The first-order valence-electron chi connectivity index (χ1n) is 11.8. The van der Waals surface area contributed by atoms with E-state index in [9.17, 15) is 0 Å². The average molecular weight is 418 g/mol. The van der Waals surface area contributed by atoms with Crippen LogP contribution in [0.1, 0.15) is 37.7 Å². The summed E-state index contributed by atoms with van der Waals surface area (Å²) in [6.45, 7) is 0. The van der Waals surface area contributed by atoms with E-state index in [1.54, 1.807) is 0 Å². The first-order chi connectivity index (χ1) is 15.8. The van der Waals surface area contributed by atoms with Gasteiger partial charge in [-0.25, -0.2) is 0 Å². The van der Waals surface area contributed by atoms with Crippen molar-refractivity contribution in [2.75, 3.05) is 0 Å². The zero-order valence-corrected chi connectivity index (χ0v) is 18.3. The maximum atomic E-state index is 6.42. The van der Waals surface area contributed by atoms with Gasteiger partial charge < -0.3 is 4.42 Å². The maximum Gasteiger partial charge on any atom is 0.143 e. The summed E-state index contributed by atoms with van der Waals surface area (Å²) in [5.74, 6) is 0.827. The lowest BCUT2D eigenvalue weighted by atomic mass is 9.85. The lowest BCUT2D eigenvalue weighted by molar-refractivity contribution is 0.356. The molecule has 0 spiro atoms. The number of benzene rings is 3. The second-order valence-electron chi connectivity index (χ2n) is 9.12. The average Bonchev–Trinajstić information content (AvgIpc) is 3.23. The van der Waals surface area contributed by atoms with Crippen molar-refractivity contribution in [3.8, 4) is 22.4 Å². The van der Waals surface area contributed by atoms with Crippen LogP contribution in [0.4, 0.5) is 0 Å². The summed E-state index contributed by atoms with van der Waals surface area (Å²) in [4.78, 5) is 4.69. The molecule has 0 radical (unpaired) electrons. The van der Waals surface area contributed by atoms with Crippen molar-refractivity contribution in [3.63, 3.8) is 0 Å². The highest BCUT2D eigenvalue weighted by Crippen LogP contribution is 2.37. The highest BCUT2D eigenvalue weighted by atomic mass is 16.3. The minimum atomic E-state index is 0.827. The summed E-state index contributed by atoms with van der Waals surface area (Å²) >= 11 is 0. The van der Waals surface area contributed by atoms with Crippen molar-refractivity contribution in [1.82, 2.24) is 4.98 Å². The Bertz CT molecular complexity index is 1380. The highest BCUT2D eigenvalue weighted by molar-refractivity contribution is 6.10. The van der Waals surface area contributed by atoms with Crippen LogP contribution < -0.4 is 0 Å². The molecule has 0 bridgehead atoms. The summed E-state index contributed by atoms with van der Waals surface area (Å²) in [5.41, 5.74) is 7.72. The normalized spacial score (nSPS) is 14.9. The van der Waals surface area contributed by atoms with E-state index < -0.39 is 0 Å². The SMILES string of the molecule is c1ccc(-c2cccc3c2oc2cc(-c4cc(CC5CCCCC5)ccn4)ccc23)cc1. The number of aromatic nitrogens is 1. The van der Waals surface area contributed by atoms with Crippen LogP contribution in [-0.2, 0) is 6.42 Å². The first kappa shape index (κ1) is 19.3. The molecule has 6 rings (SSSR count). The predicted molar refractivity (Wildman–Crippen MR) is 133 cm³/mol. The van der Waals surface area contributed by atoms with Gasteiger partial charge >= 0.3 is 0 Å². The van der Waals surface area contributed by atoms with E-state index in [0.29, 0.717) is 0 Å². The molecule has 0 saturated heterocycles. The molecule has 0 amide bonds. The Hall–Kier alpha value is -3.39. The van der Waals surface area contributed by atoms with Crippen LogP contribution in [0.25, 0.3) is 44.3 Å². The standard InChI is InChI=1S/C30H27NO/c1-3-8-21(9-4-1)18-22-16-17-31-28(19-22)24-14-15-26-27-13-7-12-25(23-10-5-2-6-11-23)30(27)32-29(26)20-24/h2,5-7,10-17,19-21H,1,3-4,8-9,18H2. The molecule has 2 heterocycles. The number of fused-ring (bicyclic) bond motifs is 3. The van der Waals surface area contributed by atoms with E-state index in [0.717, 1.165) is 44.7 Å². The van der Waals surface area contributed by atoms with Gasteiger partial charge in [0.05, 0.1) is 5.69 Å². The van der Waals surface area contributed by atoms with Gasteiger partial charge in [-0.15, -0.1) is 0 Å². The van der Waals surface area contributed by atoms with Gasteiger partial charge in [-0.3, -0.25) is 4.98 Å². The fraction of sp³-hybridized carbons (Fsp3) is 0.233. The summed E-state index contributed by atoms with van der Waals surface area (Å²) in [6.07, 6.45) is 10.0. The smallest absolute Gasteiger partial charge is 0.143 e. The minimum absolute atomic E-state index is 0.827. The number of pyridine rings is 1. The minimum Gasteiger partial charge on any atom is -0.455 e. The van der Waals surface area contributed by atoms with Crippen LogP contribution in [0.3, 0.4) is 0 Å². The Balaban J connectivity index is 1.38. The van der Waals surface area contributed by atoms with Gasteiger partial charge in [-0.05, 0) is 47.7 Å². The van der Waals surface area contributed by atoms with Crippen LogP contribution >= 0.6 is 0 Å². The fourth-order valence-corrected chi connectivity index (χ4v) is 5.29. The Kier molecular flexibility index (Phi) is 4.99. The quantitative estimate of drug-likeness (QED) is 0.293. The number of hydrogen-bond acceptors (Lipinski definition) is 2. The molecule has 1 fully saturated rings. The molecule has 0 aliphatic heterocycles. The first-order valence-corrected chi connectivity index (χ1v) is 11.8. The molecule has 0 atom stereocenters. The third kappa shape index (κ3) is 3.60. The largest absolute Gasteiger partial charge is 0.455 e. The van der Waals surface area contributed by atoms with Gasteiger partial charge in [-0.2, -0.15) is 0 Å². The van der Waals surface area contributed by atoms with Crippen molar-refractivity contribution in [1.29, 1.82) is 0 Å². The number of para-hydroxylation sites is 1. The summed E-state index contributed by atoms with van der Waals surface area (Å²) < 4.78 is 6.42. The van der Waals surface area contributed by atoms with Crippen LogP contribution in [0.15, 0.2) is 89.5 Å². The van der Waals surface area contributed by atoms with Gasteiger partial charge in [0, 0.05) is 28.1 Å². The van der Waals surface area contributed by atoms with Gasteiger partial charge in [-0.1, -0.05) is 86.7 Å². The van der Waals surface area contributed by atoms with Crippen LogP contribution in [-0.4, -0.2) is 4.98 Å². The molecule has 5 aromatic rings. The Morgan fingerprint density at radius 3 is 2.50 bits per heavy atom. The number of nitrogens with zero attached hydrogens (tertiary/aromatic N) is 1. The van der Waals surface area contributed by atoms with Gasteiger partial charge in [0.25, 0.3) is 0 Å². The van der Waals surface area contributed by atoms with Gasteiger partial charge in [0.1, 0.15) is 11.2 Å². The van der Waals surface area contributed by atoms with Gasteiger partial charge in [0.15, 0.2) is 0 Å². The molecule has 1 saturated carbocycles. The molecule has 2 heteroatoms. The van der Waals surface area contributed by atoms with Crippen molar-refractivity contribution in [2.24, 2.45) is 5.92 Å². The van der Waals surface area contributed by atoms with Crippen molar-refractivity contribution in [3.05, 3.63) is 90.6 Å². The van der Waals surface area contributed by atoms with E-state index in [2.05, 4.69) is 77.8 Å². The van der Waals surface area contributed by atoms with E-state index in [1.807, 2.05) is 12.3 Å². The van der Waals surface area contributed by atoms with E-state index >= 15 is 0 Å². The van der Waals surface area contributed by atoms with Crippen molar-refractivity contribution in [2.45, 2.75) is 38.5 Å². The maximum absolute atomic E-state index is 6.42. The highest BCUT2D eigenvalue weighted by Gasteiger charge is 2.16. The van der Waals surface area contributed by atoms with Crippen LogP contribution in [0.5, 0.6) is 0 Å². The second kappa shape index (κ2) is 8.27. The zero-order chi connectivity index (χ0) is 21.3. The lowest BCUT2D eigenvalue weighted by Gasteiger charge is -2.21. The molecule has 1 aliphatic rings. The van der Waals surface area contributed by atoms with E-state index in [1.165, 1.54) is 49.7 Å². The summed E-state index contributed by atoms with van der Waals surface area (Å²) in [7, 11) is 0. The lowest BCUT2D eigenvalue weighted by Crippen LogP contribution is -2.09. The number of furan rings is 1. The van der Waals surface area contributed by atoms with E-state index in [4.69, 9.17) is 4.42 Å². The molecular formula is C30H27NO. The van der Waals surface area contributed by atoms with Crippen LogP contribution in [0.2, 0.25) is 0 Å². The molecule has 32 heavy (non-hydrogen) atoms. The third-order valence-electron chi connectivity index (χ3n) is 6.95. The fourth-order valence-electron chi connectivity index (χ4n) is 5.29. The second-order valence-corrected chi connectivity index (χ2v) is 9.12. The van der Waals surface area contributed by atoms with E-state index in [-0.39, 0.29) is 0 Å². The summed E-state index contributed by atoms with van der Waals surface area (Å²) in [6, 6.07) is 27.8. The zero-order valence-electron chi connectivity index (χ0n) is 18.3. The molecule has 3 aromatic carbocycles. The molecule has 2 nitrogen and oxygen atoms in total. The topological polar surface area (TPSA) is 26.0 Å². The van der Waals surface area contributed by atoms with Crippen molar-refractivity contribution >= 4 is 21.9 Å². The molecule has 0 N–H and O–H groups in total. The van der Waals surface area contributed by atoms with Crippen LogP contribution in [0, 0.1) is 5.92 Å². The Morgan fingerprint density at radius 1 is 0.750 bits per heavy atom. The predicted octanol–water partition coefficient (Wildman–Crippen LogP) is 8.44. The van der Waals surface area contributed by atoms with Gasteiger partial charge in [0.2, 0.25) is 0 Å². The number of rotatable bonds is 4. The molecule has 2 aromatic heterocycles.